The summed E-state index contributed by atoms with van der Waals surface area (Å²) in [6.07, 6.45) is 7.37. The van der Waals surface area contributed by atoms with Crippen molar-refractivity contribution in [2.75, 3.05) is 5.32 Å². The SMILES string of the molecule is CCCCCCCC(=O)Nc1c(-c2cccc(F)c2F)nc2cc(C)ccn12. The lowest BCUT2D eigenvalue weighted by molar-refractivity contribution is -0.116. The van der Waals surface area contributed by atoms with Crippen LogP contribution in [0.3, 0.4) is 0 Å². The number of nitrogens with zero attached hydrogens (tertiary/aromatic N) is 2. The number of rotatable bonds is 8. The Bertz CT molecular complexity index is 981. The van der Waals surface area contributed by atoms with E-state index in [9.17, 15) is 13.6 Å². The van der Waals surface area contributed by atoms with Crippen LogP contribution in [0.5, 0.6) is 0 Å². The van der Waals surface area contributed by atoms with Crippen LogP contribution in [0, 0.1) is 18.6 Å². The number of hydrogen-bond donors (Lipinski definition) is 1. The van der Waals surface area contributed by atoms with E-state index in [0.29, 0.717) is 17.9 Å². The molecule has 28 heavy (non-hydrogen) atoms. The highest BCUT2D eigenvalue weighted by Crippen LogP contribution is 2.32. The van der Waals surface area contributed by atoms with Crippen molar-refractivity contribution in [2.24, 2.45) is 0 Å². The largest absolute Gasteiger partial charge is 0.310 e. The van der Waals surface area contributed by atoms with Gasteiger partial charge >= 0.3 is 0 Å². The molecule has 3 rings (SSSR count). The first-order valence-electron chi connectivity index (χ1n) is 9.74. The van der Waals surface area contributed by atoms with Gasteiger partial charge in [0.2, 0.25) is 5.91 Å². The van der Waals surface area contributed by atoms with Crippen LogP contribution in [-0.4, -0.2) is 15.3 Å². The summed E-state index contributed by atoms with van der Waals surface area (Å²) in [5.74, 6) is -1.72. The van der Waals surface area contributed by atoms with Gasteiger partial charge in [-0.15, -0.1) is 0 Å². The van der Waals surface area contributed by atoms with Crippen LogP contribution in [-0.2, 0) is 4.79 Å². The van der Waals surface area contributed by atoms with Crippen molar-refractivity contribution < 1.29 is 13.6 Å². The second-order valence-electron chi connectivity index (χ2n) is 7.06. The smallest absolute Gasteiger partial charge is 0.225 e. The molecular weight excluding hydrogens is 360 g/mol. The van der Waals surface area contributed by atoms with Gasteiger partial charge in [0.05, 0.1) is 0 Å². The number of fused-ring (bicyclic) bond motifs is 1. The second-order valence-corrected chi connectivity index (χ2v) is 7.06. The number of pyridine rings is 1. The number of unbranched alkanes of at least 4 members (excludes halogenated alkanes) is 4. The molecule has 3 aromatic rings. The third-order valence-electron chi connectivity index (χ3n) is 4.75. The fourth-order valence-electron chi connectivity index (χ4n) is 3.22. The quantitative estimate of drug-likeness (QED) is 0.492. The van der Waals surface area contributed by atoms with Crippen molar-refractivity contribution in [3.8, 4) is 11.3 Å². The molecule has 0 saturated heterocycles. The van der Waals surface area contributed by atoms with Gasteiger partial charge in [0, 0.05) is 18.2 Å². The molecule has 0 aliphatic heterocycles. The Balaban J connectivity index is 1.91. The molecule has 0 aliphatic rings. The first-order chi connectivity index (χ1) is 13.5. The Hall–Kier alpha value is -2.76. The third kappa shape index (κ3) is 4.38. The minimum Gasteiger partial charge on any atom is -0.310 e. The molecule has 2 aromatic heterocycles. The summed E-state index contributed by atoms with van der Waals surface area (Å²) in [4.78, 5) is 16.9. The summed E-state index contributed by atoms with van der Waals surface area (Å²) in [5.41, 5.74) is 1.80. The van der Waals surface area contributed by atoms with E-state index >= 15 is 0 Å². The molecule has 0 saturated carbocycles. The molecule has 0 fully saturated rings. The summed E-state index contributed by atoms with van der Waals surface area (Å²) < 4.78 is 29.8. The minimum absolute atomic E-state index is 0.0274. The summed E-state index contributed by atoms with van der Waals surface area (Å²) in [5, 5.41) is 2.86. The van der Waals surface area contributed by atoms with Crippen LogP contribution in [0.25, 0.3) is 16.9 Å². The lowest BCUT2D eigenvalue weighted by Crippen LogP contribution is -2.13. The zero-order valence-corrected chi connectivity index (χ0v) is 16.3. The number of anilines is 1. The van der Waals surface area contributed by atoms with Gasteiger partial charge in [0.1, 0.15) is 17.2 Å². The molecule has 6 heteroatoms. The number of imidazole rings is 1. The van der Waals surface area contributed by atoms with Gasteiger partial charge in [-0.25, -0.2) is 13.8 Å². The van der Waals surface area contributed by atoms with E-state index in [4.69, 9.17) is 0 Å². The highest BCUT2D eigenvalue weighted by Gasteiger charge is 2.20. The molecule has 1 N–H and O–H groups in total. The van der Waals surface area contributed by atoms with Gasteiger partial charge < -0.3 is 5.32 Å². The monoisotopic (exact) mass is 385 g/mol. The van der Waals surface area contributed by atoms with E-state index < -0.39 is 11.6 Å². The summed E-state index contributed by atoms with van der Waals surface area (Å²) >= 11 is 0. The van der Waals surface area contributed by atoms with Crippen molar-refractivity contribution in [1.82, 2.24) is 9.38 Å². The molecule has 0 unspecified atom stereocenters. The molecule has 0 bridgehead atoms. The molecule has 0 atom stereocenters. The fourth-order valence-corrected chi connectivity index (χ4v) is 3.22. The van der Waals surface area contributed by atoms with Crippen LogP contribution in [0.2, 0.25) is 0 Å². The normalized spacial score (nSPS) is 11.1. The highest BCUT2D eigenvalue weighted by atomic mass is 19.2. The lowest BCUT2D eigenvalue weighted by Gasteiger charge is -2.09. The highest BCUT2D eigenvalue weighted by molar-refractivity contribution is 5.94. The van der Waals surface area contributed by atoms with Crippen LogP contribution in [0.15, 0.2) is 36.5 Å². The summed E-state index contributed by atoms with van der Waals surface area (Å²) in [6, 6.07) is 7.67. The Morgan fingerprint density at radius 2 is 1.93 bits per heavy atom. The average Bonchev–Trinajstić information content (AvgIpc) is 3.01. The zero-order valence-electron chi connectivity index (χ0n) is 16.3. The lowest BCUT2D eigenvalue weighted by atomic mass is 10.1. The Kier molecular flexibility index (Phi) is 6.39. The van der Waals surface area contributed by atoms with Crippen LogP contribution in [0.1, 0.15) is 51.0 Å². The second kappa shape index (κ2) is 8.95. The van der Waals surface area contributed by atoms with Gasteiger partial charge in [0.25, 0.3) is 0 Å². The van der Waals surface area contributed by atoms with E-state index in [1.54, 1.807) is 10.6 Å². The standard InChI is InChI=1S/C22H25F2N3O/c1-3-4-5-6-7-11-19(28)26-22-21(16-9-8-10-17(23)20(16)24)25-18-14-15(2)12-13-27(18)22/h8-10,12-14H,3-7,11H2,1-2H3,(H,26,28). The number of nitrogens with one attached hydrogen (secondary N) is 1. The van der Waals surface area contributed by atoms with Crippen molar-refractivity contribution in [2.45, 2.75) is 52.4 Å². The molecule has 4 nitrogen and oxygen atoms in total. The van der Waals surface area contributed by atoms with Crippen molar-refractivity contribution in [3.63, 3.8) is 0 Å². The van der Waals surface area contributed by atoms with Gasteiger partial charge in [0.15, 0.2) is 11.6 Å². The maximum atomic E-state index is 14.4. The zero-order chi connectivity index (χ0) is 20.1. The van der Waals surface area contributed by atoms with E-state index in [2.05, 4.69) is 17.2 Å². The summed E-state index contributed by atoms with van der Waals surface area (Å²) in [6.45, 7) is 4.07. The number of aromatic nitrogens is 2. The predicted octanol–water partition coefficient (Wildman–Crippen LogP) is 5.89. The van der Waals surface area contributed by atoms with E-state index in [-0.39, 0.29) is 17.2 Å². The Labute approximate surface area is 163 Å². The number of halogens is 2. The average molecular weight is 385 g/mol. The van der Waals surface area contributed by atoms with Gasteiger partial charge in [-0.3, -0.25) is 9.20 Å². The molecule has 1 amide bonds. The molecule has 0 radical (unpaired) electrons. The van der Waals surface area contributed by atoms with Gasteiger partial charge in [-0.2, -0.15) is 0 Å². The topological polar surface area (TPSA) is 46.4 Å². The van der Waals surface area contributed by atoms with E-state index in [0.717, 1.165) is 43.7 Å². The van der Waals surface area contributed by atoms with E-state index in [1.807, 2.05) is 19.1 Å². The fraction of sp³-hybridized carbons (Fsp3) is 0.364. The van der Waals surface area contributed by atoms with Gasteiger partial charge in [-0.05, 0) is 43.2 Å². The molecular formula is C22H25F2N3O. The molecule has 2 heterocycles. The van der Waals surface area contributed by atoms with Crippen molar-refractivity contribution in [1.29, 1.82) is 0 Å². The molecule has 1 aromatic carbocycles. The molecule has 148 valence electrons. The van der Waals surface area contributed by atoms with E-state index in [1.165, 1.54) is 12.1 Å². The number of benzene rings is 1. The maximum Gasteiger partial charge on any atom is 0.225 e. The number of aryl methyl sites for hydroxylation is 1. The maximum absolute atomic E-state index is 14.4. The van der Waals surface area contributed by atoms with Crippen molar-refractivity contribution >= 4 is 17.4 Å². The Morgan fingerprint density at radius 1 is 1.14 bits per heavy atom. The van der Waals surface area contributed by atoms with Crippen LogP contribution < -0.4 is 5.32 Å². The number of carbonyl (C=O) groups is 1. The van der Waals surface area contributed by atoms with Crippen LogP contribution >= 0.6 is 0 Å². The number of carbonyl (C=O) groups excluding carboxylic acids is 1. The number of amides is 1. The number of hydrogen-bond acceptors (Lipinski definition) is 2. The first-order valence-corrected chi connectivity index (χ1v) is 9.74. The Morgan fingerprint density at radius 3 is 2.71 bits per heavy atom. The minimum atomic E-state index is -0.974. The molecule has 0 aliphatic carbocycles. The van der Waals surface area contributed by atoms with Crippen LogP contribution in [0.4, 0.5) is 14.6 Å². The van der Waals surface area contributed by atoms with Gasteiger partial charge in [-0.1, -0.05) is 38.7 Å². The van der Waals surface area contributed by atoms with Crippen molar-refractivity contribution in [3.05, 3.63) is 53.7 Å². The summed E-state index contributed by atoms with van der Waals surface area (Å²) in [7, 11) is 0. The predicted molar refractivity (Wildman–Crippen MR) is 107 cm³/mol. The third-order valence-corrected chi connectivity index (χ3v) is 4.75. The molecule has 0 spiro atoms. The first kappa shape index (κ1) is 20.0.